The maximum Gasteiger partial charge on any atom is 0.129 e. The van der Waals surface area contributed by atoms with Gasteiger partial charge in [0.1, 0.15) is 6.61 Å². The van der Waals surface area contributed by atoms with E-state index in [1.165, 1.54) is 32.4 Å². The van der Waals surface area contributed by atoms with Crippen LogP contribution in [0.2, 0.25) is 0 Å². The highest BCUT2D eigenvalue weighted by molar-refractivity contribution is 5.55. The lowest BCUT2D eigenvalue weighted by atomic mass is 10.1. The molecule has 3 heteroatoms. The first-order chi connectivity index (χ1) is 6.43. The van der Waals surface area contributed by atoms with Gasteiger partial charge in [0, 0.05) is 12.8 Å². The van der Waals surface area contributed by atoms with Gasteiger partial charge in [-0.3, -0.25) is 4.90 Å². The number of hydrogen-bond donors (Lipinski definition) is 0. The van der Waals surface area contributed by atoms with Gasteiger partial charge in [-0.2, -0.15) is 0 Å². The Labute approximate surface area is 80.7 Å². The molecular formula is C10H20N2O. The third kappa shape index (κ3) is 4.88. The molecule has 1 saturated heterocycles. The topological polar surface area (TPSA) is 24.8 Å². The Bertz CT molecular complexity index is 142. The lowest BCUT2D eigenvalue weighted by Crippen LogP contribution is -2.32. The molecule has 0 aliphatic carbocycles. The van der Waals surface area contributed by atoms with Crippen LogP contribution < -0.4 is 0 Å². The van der Waals surface area contributed by atoms with Gasteiger partial charge in [0.25, 0.3) is 0 Å². The Balaban J connectivity index is 1.95. The second kappa shape index (κ2) is 6.89. The van der Waals surface area contributed by atoms with Crippen molar-refractivity contribution in [2.45, 2.75) is 32.6 Å². The summed E-state index contributed by atoms with van der Waals surface area (Å²) in [4.78, 5) is 7.55. The quantitative estimate of drug-likeness (QED) is 0.370. The predicted molar refractivity (Wildman–Crippen MR) is 55.0 cm³/mol. The summed E-state index contributed by atoms with van der Waals surface area (Å²) >= 11 is 0. The first-order valence-electron chi connectivity index (χ1n) is 5.29. The van der Waals surface area contributed by atoms with E-state index in [0.717, 1.165) is 19.6 Å². The van der Waals surface area contributed by atoms with E-state index in [1.54, 1.807) is 6.21 Å². The molecular weight excluding hydrogens is 164 g/mol. The van der Waals surface area contributed by atoms with E-state index >= 15 is 0 Å². The minimum Gasteiger partial charge on any atom is -0.395 e. The van der Waals surface area contributed by atoms with E-state index in [2.05, 4.69) is 17.0 Å². The normalized spacial score (nSPS) is 19.5. The summed E-state index contributed by atoms with van der Waals surface area (Å²) in [6.07, 6.45) is 6.84. The fourth-order valence-corrected chi connectivity index (χ4v) is 1.53. The number of oxime groups is 1. The van der Waals surface area contributed by atoms with Crippen LogP contribution in [-0.4, -0.2) is 37.4 Å². The summed E-state index contributed by atoms with van der Waals surface area (Å²) in [5.74, 6) is 0. The summed E-state index contributed by atoms with van der Waals surface area (Å²) in [5.41, 5.74) is 0. The molecule has 0 N–H and O–H groups in total. The van der Waals surface area contributed by atoms with Crippen molar-refractivity contribution < 1.29 is 4.84 Å². The van der Waals surface area contributed by atoms with Gasteiger partial charge in [-0.25, -0.2) is 0 Å². The monoisotopic (exact) mass is 184 g/mol. The summed E-state index contributed by atoms with van der Waals surface area (Å²) in [5, 5.41) is 3.82. The summed E-state index contributed by atoms with van der Waals surface area (Å²) in [7, 11) is 0. The van der Waals surface area contributed by atoms with Gasteiger partial charge in [0.15, 0.2) is 0 Å². The summed E-state index contributed by atoms with van der Waals surface area (Å²) in [6, 6.07) is 0. The molecule has 76 valence electrons. The van der Waals surface area contributed by atoms with Crippen LogP contribution in [0.1, 0.15) is 32.6 Å². The average molecular weight is 184 g/mol. The molecule has 1 heterocycles. The van der Waals surface area contributed by atoms with Crippen molar-refractivity contribution in [3.05, 3.63) is 0 Å². The minimum absolute atomic E-state index is 0.733. The second-order valence-corrected chi connectivity index (χ2v) is 3.43. The van der Waals surface area contributed by atoms with Crippen LogP contribution in [0, 0.1) is 0 Å². The van der Waals surface area contributed by atoms with Crippen LogP contribution in [0.25, 0.3) is 0 Å². The van der Waals surface area contributed by atoms with Gasteiger partial charge in [-0.15, -0.1) is 0 Å². The van der Waals surface area contributed by atoms with Gasteiger partial charge >= 0.3 is 0 Å². The van der Waals surface area contributed by atoms with E-state index < -0.39 is 0 Å². The van der Waals surface area contributed by atoms with Gasteiger partial charge in [-0.1, -0.05) is 18.5 Å². The number of hydrogen-bond acceptors (Lipinski definition) is 3. The molecule has 0 saturated carbocycles. The van der Waals surface area contributed by atoms with Crippen molar-refractivity contribution in [1.29, 1.82) is 0 Å². The largest absolute Gasteiger partial charge is 0.395 e. The van der Waals surface area contributed by atoms with Crippen molar-refractivity contribution in [1.82, 2.24) is 4.90 Å². The zero-order chi connectivity index (χ0) is 9.36. The standard InChI is InChI=1S/C10H20N2O/c1-2-6-11-13-10-9-12-7-4-3-5-8-12/h6H,2-5,7-10H2,1H3/b11-6+. The maximum atomic E-state index is 5.10. The molecule has 3 nitrogen and oxygen atoms in total. The molecule has 0 aromatic carbocycles. The number of rotatable bonds is 5. The number of likely N-dealkylation sites (tertiary alicyclic amines) is 1. The van der Waals surface area contributed by atoms with Crippen LogP contribution in [0.3, 0.4) is 0 Å². The van der Waals surface area contributed by atoms with Crippen molar-refractivity contribution in [3.63, 3.8) is 0 Å². The van der Waals surface area contributed by atoms with Crippen molar-refractivity contribution in [3.8, 4) is 0 Å². The SMILES string of the molecule is CC/C=N/OCCN1CCCCC1. The van der Waals surface area contributed by atoms with Crippen molar-refractivity contribution in [2.24, 2.45) is 5.16 Å². The van der Waals surface area contributed by atoms with Crippen molar-refractivity contribution >= 4 is 6.21 Å². The first-order valence-corrected chi connectivity index (χ1v) is 5.29. The Hall–Kier alpha value is -0.570. The second-order valence-electron chi connectivity index (χ2n) is 3.43. The first kappa shape index (κ1) is 10.5. The Morgan fingerprint density at radius 2 is 2.08 bits per heavy atom. The molecule has 0 radical (unpaired) electrons. The smallest absolute Gasteiger partial charge is 0.129 e. The third-order valence-electron chi connectivity index (χ3n) is 2.28. The minimum atomic E-state index is 0.733. The maximum absolute atomic E-state index is 5.10. The van der Waals surface area contributed by atoms with Gasteiger partial charge in [0.2, 0.25) is 0 Å². The highest BCUT2D eigenvalue weighted by Crippen LogP contribution is 2.07. The fourth-order valence-electron chi connectivity index (χ4n) is 1.53. The average Bonchev–Trinajstić information content (AvgIpc) is 2.19. The van der Waals surface area contributed by atoms with Gasteiger partial charge < -0.3 is 4.84 Å². The molecule has 1 rings (SSSR count). The lowest BCUT2D eigenvalue weighted by molar-refractivity contribution is 0.103. The Kier molecular flexibility index (Phi) is 5.57. The van der Waals surface area contributed by atoms with Crippen LogP contribution in [0.4, 0.5) is 0 Å². The molecule has 0 amide bonds. The third-order valence-corrected chi connectivity index (χ3v) is 2.28. The summed E-state index contributed by atoms with van der Waals surface area (Å²) in [6.45, 7) is 6.29. The van der Waals surface area contributed by atoms with Crippen LogP contribution in [0.15, 0.2) is 5.16 Å². The predicted octanol–water partition coefficient (Wildman–Crippen LogP) is 1.88. The van der Waals surface area contributed by atoms with Crippen LogP contribution >= 0.6 is 0 Å². The van der Waals surface area contributed by atoms with E-state index in [1.807, 2.05) is 0 Å². The molecule has 0 atom stereocenters. The van der Waals surface area contributed by atoms with E-state index in [9.17, 15) is 0 Å². The van der Waals surface area contributed by atoms with Crippen LogP contribution in [-0.2, 0) is 4.84 Å². The van der Waals surface area contributed by atoms with E-state index in [-0.39, 0.29) is 0 Å². The molecule has 13 heavy (non-hydrogen) atoms. The van der Waals surface area contributed by atoms with Crippen molar-refractivity contribution in [2.75, 3.05) is 26.2 Å². The Morgan fingerprint density at radius 3 is 2.77 bits per heavy atom. The molecule has 0 spiro atoms. The molecule has 1 fully saturated rings. The highest BCUT2D eigenvalue weighted by atomic mass is 16.6. The number of piperidine rings is 1. The lowest BCUT2D eigenvalue weighted by Gasteiger charge is -2.25. The fraction of sp³-hybridized carbons (Fsp3) is 0.900. The Morgan fingerprint density at radius 1 is 1.31 bits per heavy atom. The van der Waals surface area contributed by atoms with Crippen LogP contribution in [0.5, 0.6) is 0 Å². The molecule has 0 aromatic heterocycles. The zero-order valence-electron chi connectivity index (χ0n) is 8.54. The van der Waals surface area contributed by atoms with Gasteiger partial charge in [-0.05, 0) is 32.4 Å². The number of nitrogens with zero attached hydrogens (tertiary/aromatic N) is 2. The molecule has 0 bridgehead atoms. The molecule has 0 unspecified atom stereocenters. The van der Waals surface area contributed by atoms with Gasteiger partial charge in [0.05, 0.1) is 0 Å². The molecule has 0 aromatic rings. The highest BCUT2D eigenvalue weighted by Gasteiger charge is 2.08. The molecule has 1 aliphatic heterocycles. The zero-order valence-corrected chi connectivity index (χ0v) is 8.54. The van der Waals surface area contributed by atoms with E-state index in [4.69, 9.17) is 4.84 Å². The van der Waals surface area contributed by atoms with E-state index in [0.29, 0.717) is 0 Å². The molecule has 1 aliphatic rings. The summed E-state index contributed by atoms with van der Waals surface area (Å²) < 4.78 is 0.